The molecule has 4 nitrogen and oxygen atoms in total. The van der Waals surface area contributed by atoms with Gasteiger partial charge in [0.1, 0.15) is 4.32 Å². The van der Waals surface area contributed by atoms with E-state index < -0.39 is 4.32 Å². The Labute approximate surface area is 159 Å². The van der Waals surface area contributed by atoms with Crippen molar-refractivity contribution >= 4 is 21.9 Å². The molecular weight excluding hydrogens is 384 g/mol. The normalized spacial score (nSPS) is 27.3. The fourth-order valence-corrected chi connectivity index (χ4v) is 3.93. The van der Waals surface area contributed by atoms with Crippen molar-refractivity contribution in [3.63, 3.8) is 0 Å². The number of rotatable bonds is 7. The summed E-state index contributed by atoms with van der Waals surface area (Å²) in [4.78, 5) is 12.0. The second kappa shape index (κ2) is 9.15. The largest absolute Gasteiger partial charge is 0.468 e. The van der Waals surface area contributed by atoms with Crippen LogP contribution in [0.25, 0.3) is 0 Å². The zero-order valence-electron chi connectivity index (χ0n) is 15.5. The smallest absolute Gasteiger partial charge is 0.325 e. The van der Waals surface area contributed by atoms with Gasteiger partial charge in [0.05, 0.1) is 32.5 Å². The fraction of sp³-hybridized carbons (Fsp3) is 0.650. The molecule has 0 saturated carbocycles. The molecule has 0 aromatic heterocycles. The van der Waals surface area contributed by atoms with Crippen LogP contribution in [0.5, 0.6) is 0 Å². The number of alkyl halides is 1. The third-order valence-corrected chi connectivity index (χ3v) is 5.84. The van der Waals surface area contributed by atoms with E-state index in [1.165, 1.54) is 12.7 Å². The molecule has 140 valence electrons. The molecule has 1 saturated heterocycles. The molecule has 5 atom stereocenters. The topological polar surface area (TPSA) is 44.8 Å². The van der Waals surface area contributed by atoms with Gasteiger partial charge in [-0.25, -0.2) is 0 Å². The lowest BCUT2D eigenvalue weighted by molar-refractivity contribution is -0.159. The summed E-state index contributed by atoms with van der Waals surface area (Å²) in [6, 6.07) is 10.2. The lowest BCUT2D eigenvalue weighted by atomic mass is 9.84. The van der Waals surface area contributed by atoms with Crippen LogP contribution < -0.4 is 0 Å². The van der Waals surface area contributed by atoms with Crippen molar-refractivity contribution < 1.29 is 19.0 Å². The van der Waals surface area contributed by atoms with E-state index in [9.17, 15) is 4.79 Å². The molecular formula is C20H29BrO4. The first-order valence-corrected chi connectivity index (χ1v) is 9.70. The quantitative estimate of drug-likeness (QED) is 0.493. The summed E-state index contributed by atoms with van der Waals surface area (Å²) in [6.45, 7) is 7.42. The Morgan fingerprint density at radius 1 is 1.36 bits per heavy atom. The third kappa shape index (κ3) is 5.28. The molecule has 0 N–H and O–H groups in total. The van der Waals surface area contributed by atoms with Gasteiger partial charge in [0.2, 0.25) is 0 Å². The number of hydrogen-bond acceptors (Lipinski definition) is 4. The van der Waals surface area contributed by atoms with Crippen LogP contribution in [0, 0.1) is 11.8 Å². The molecule has 0 spiro atoms. The van der Waals surface area contributed by atoms with E-state index in [0.717, 1.165) is 12.8 Å². The van der Waals surface area contributed by atoms with Gasteiger partial charge in [0.25, 0.3) is 0 Å². The zero-order chi connectivity index (χ0) is 18.4. The number of ether oxygens (including phenoxy) is 3. The Kier molecular flexibility index (Phi) is 7.47. The van der Waals surface area contributed by atoms with E-state index in [2.05, 4.69) is 41.9 Å². The van der Waals surface area contributed by atoms with Gasteiger partial charge in [-0.15, -0.1) is 0 Å². The van der Waals surface area contributed by atoms with Gasteiger partial charge >= 0.3 is 5.97 Å². The molecule has 2 rings (SSSR count). The Balaban J connectivity index is 1.91. The number of carbonyl (C=O) groups is 1. The van der Waals surface area contributed by atoms with Crippen LogP contribution in [0.3, 0.4) is 0 Å². The molecule has 0 bridgehead atoms. The number of halogens is 1. The molecule has 0 aliphatic carbocycles. The average Bonchev–Trinajstić information content (AvgIpc) is 2.61. The van der Waals surface area contributed by atoms with Gasteiger partial charge in [-0.05, 0) is 31.2 Å². The summed E-state index contributed by atoms with van der Waals surface area (Å²) in [5.74, 6) is 0.397. The molecule has 1 aliphatic heterocycles. The fourth-order valence-electron chi connectivity index (χ4n) is 3.43. The molecule has 1 unspecified atom stereocenters. The number of carbonyl (C=O) groups excluding carboxylic acids is 1. The van der Waals surface area contributed by atoms with Gasteiger partial charge in [-0.2, -0.15) is 0 Å². The maximum Gasteiger partial charge on any atom is 0.325 e. The molecule has 1 aromatic rings. The summed E-state index contributed by atoms with van der Waals surface area (Å²) < 4.78 is 16.3. The molecule has 1 fully saturated rings. The predicted octanol–water partition coefficient (Wildman–Crippen LogP) is 4.35. The molecule has 5 heteroatoms. The van der Waals surface area contributed by atoms with E-state index in [0.29, 0.717) is 19.1 Å². The summed E-state index contributed by atoms with van der Waals surface area (Å²) in [6.07, 6.45) is 1.73. The van der Waals surface area contributed by atoms with Gasteiger partial charge in [0, 0.05) is 5.92 Å². The Morgan fingerprint density at radius 3 is 2.68 bits per heavy atom. The van der Waals surface area contributed by atoms with Crippen LogP contribution in [-0.4, -0.2) is 36.2 Å². The SMILES string of the molecule is COC(=O)C(C)(Br)[C@@H]1CC[C@@H](C)[C@H]([C@@H](C)COCc2ccccc2)O1. The van der Waals surface area contributed by atoms with Crippen LogP contribution in [0.2, 0.25) is 0 Å². The van der Waals surface area contributed by atoms with Gasteiger partial charge < -0.3 is 14.2 Å². The molecule has 0 amide bonds. The van der Waals surface area contributed by atoms with E-state index in [-0.39, 0.29) is 24.1 Å². The van der Waals surface area contributed by atoms with Gasteiger partial charge in [-0.1, -0.05) is 60.1 Å². The second-order valence-electron chi connectivity index (χ2n) is 7.19. The Bertz CT molecular complexity index is 546. The summed E-state index contributed by atoms with van der Waals surface area (Å²) in [5.41, 5.74) is 1.17. The van der Waals surface area contributed by atoms with Crippen molar-refractivity contribution in [3.8, 4) is 0 Å². The first-order valence-electron chi connectivity index (χ1n) is 8.90. The van der Waals surface area contributed by atoms with Crippen LogP contribution in [0.4, 0.5) is 0 Å². The molecule has 0 radical (unpaired) electrons. The van der Waals surface area contributed by atoms with Crippen molar-refractivity contribution in [1.29, 1.82) is 0 Å². The highest BCUT2D eigenvalue weighted by molar-refractivity contribution is 9.10. The second-order valence-corrected chi connectivity index (χ2v) is 8.84. The van der Waals surface area contributed by atoms with Crippen molar-refractivity contribution in [2.45, 2.75) is 56.8 Å². The Morgan fingerprint density at radius 2 is 2.04 bits per heavy atom. The average molecular weight is 413 g/mol. The maximum atomic E-state index is 12.0. The van der Waals surface area contributed by atoms with E-state index in [1.54, 1.807) is 0 Å². The predicted molar refractivity (Wildman–Crippen MR) is 102 cm³/mol. The van der Waals surface area contributed by atoms with E-state index in [4.69, 9.17) is 14.2 Å². The minimum Gasteiger partial charge on any atom is -0.468 e. The first kappa shape index (κ1) is 20.4. The molecule has 1 heterocycles. The number of benzene rings is 1. The summed E-state index contributed by atoms with van der Waals surface area (Å²) >= 11 is 3.52. The zero-order valence-corrected chi connectivity index (χ0v) is 17.1. The van der Waals surface area contributed by atoms with Crippen LogP contribution in [0.15, 0.2) is 30.3 Å². The van der Waals surface area contributed by atoms with E-state index in [1.807, 2.05) is 25.1 Å². The molecule has 1 aromatic carbocycles. The van der Waals surface area contributed by atoms with Crippen molar-refractivity contribution in [3.05, 3.63) is 35.9 Å². The minimum atomic E-state index is -0.815. The Hall–Kier alpha value is -0.910. The number of hydrogen-bond donors (Lipinski definition) is 0. The van der Waals surface area contributed by atoms with Crippen molar-refractivity contribution in [2.24, 2.45) is 11.8 Å². The summed E-state index contributed by atoms with van der Waals surface area (Å²) in [7, 11) is 1.41. The standard InChI is InChI=1S/C20H29BrO4/c1-14-10-11-17(20(3,21)19(22)23-4)25-18(14)15(2)12-24-13-16-8-6-5-7-9-16/h5-9,14-15,17-18H,10-13H2,1-4H3/t14-,15+,17+,18-,20?/m1/s1. The third-order valence-electron chi connectivity index (χ3n) is 5.01. The minimum absolute atomic E-state index is 0.0658. The molecule has 25 heavy (non-hydrogen) atoms. The van der Waals surface area contributed by atoms with Gasteiger partial charge in [-0.3, -0.25) is 4.79 Å². The van der Waals surface area contributed by atoms with Crippen molar-refractivity contribution in [2.75, 3.05) is 13.7 Å². The molecule has 1 aliphatic rings. The number of esters is 1. The number of methoxy groups -OCH3 is 1. The van der Waals surface area contributed by atoms with E-state index >= 15 is 0 Å². The van der Waals surface area contributed by atoms with Crippen LogP contribution in [-0.2, 0) is 25.6 Å². The monoisotopic (exact) mass is 412 g/mol. The lowest BCUT2D eigenvalue weighted by Gasteiger charge is -2.42. The highest BCUT2D eigenvalue weighted by Gasteiger charge is 2.45. The highest BCUT2D eigenvalue weighted by Crippen LogP contribution is 2.38. The van der Waals surface area contributed by atoms with Crippen LogP contribution in [0.1, 0.15) is 39.2 Å². The lowest BCUT2D eigenvalue weighted by Crippen LogP contribution is -2.50. The maximum absolute atomic E-state index is 12.0. The summed E-state index contributed by atoms with van der Waals surface area (Å²) in [5, 5.41) is 0. The van der Waals surface area contributed by atoms with Crippen LogP contribution >= 0.6 is 15.9 Å². The van der Waals surface area contributed by atoms with Gasteiger partial charge in [0.15, 0.2) is 0 Å². The first-order chi connectivity index (χ1) is 11.9. The highest BCUT2D eigenvalue weighted by atomic mass is 79.9. The van der Waals surface area contributed by atoms with Crippen molar-refractivity contribution in [1.82, 2.24) is 0 Å².